The summed E-state index contributed by atoms with van der Waals surface area (Å²) in [7, 11) is 0. The number of carbonyl (C=O) groups excluding carboxylic acids is 2. The molecule has 2 rings (SSSR count). The minimum absolute atomic E-state index is 0.0286. The molecule has 0 aliphatic carbocycles. The quantitative estimate of drug-likeness (QED) is 0.658. The van der Waals surface area contributed by atoms with E-state index in [1.807, 2.05) is 35.2 Å². The molecular formula is C17H24N2O4. The minimum Gasteiger partial charge on any atom is -0.491 e. The van der Waals surface area contributed by atoms with Gasteiger partial charge in [0.25, 0.3) is 0 Å². The maximum atomic E-state index is 11.6. The maximum Gasteiger partial charge on any atom is 0.246 e. The zero-order valence-electron chi connectivity index (χ0n) is 13.3. The van der Waals surface area contributed by atoms with Gasteiger partial charge in [0.15, 0.2) is 0 Å². The van der Waals surface area contributed by atoms with Gasteiger partial charge in [-0.15, -0.1) is 0 Å². The normalized spacial score (nSPS) is 14.1. The summed E-state index contributed by atoms with van der Waals surface area (Å²) in [5.41, 5.74) is 0. The Kier molecular flexibility index (Phi) is 7.39. The number of benzene rings is 1. The molecule has 6 heteroatoms. The van der Waals surface area contributed by atoms with Crippen molar-refractivity contribution in [2.24, 2.45) is 0 Å². The highest BCUT2D eigenvalue weighted by Gasteiger charge is 2.18. The van der Waals surface area contributed by atoms with E-state index in [1.165, 1.54) is 0 Å². The molecule has 6 nitrogen and oxygen atoms in total. The van der Waals surface area contributed by atoms with E-state index in [0.29, 0.717) is 32.7 Å². The van der Waals surface area contributed by atoms with Crippen LogP contribution in [-0.2, 0) is 14.3 Å². The van der Waals surface area contributed by atoms with Crippen LogP contribution in [0.3, 0.4) is 0 Å². The Bertz CT molecular complexity index is 493. The lowest BCUT2D eigenvalue weighted by Gasteiger charge is -2.15. The molecule has 0 saturated carbocycles. The van der Waals surface area contributed by atoms with E-state index in [0.717, 1.165) is 25.1 Å². The van der Waals surface area contributed by atoms with Crippen molar-refractivity contribution in [2.75, 3.05) is 39.5 Å². The number of nitrogens with one attached hydrogen (secondary N) is 1. The van der Waals surface area contributed by atoms with E-state index in [4.69, 9.17) is 9.47 Å². The number of carbonyl (C=O) groups is 2. The van der Waals surface area contributed by atoms with Crippen molar-refractivity contribution in [3.8, 4) is 5.75 Å². The lowest BCUT2D eigenvalue weighted by Crippen LogP contribution is -2.32. The molecule has 1 N–H and O–H groups in total. The van der Waals surface area contributed by atoms with E-state index in [1.54, 1.807) is 0 Å². The molecule has 2 amide bonds. The van der Waals surface area contributed by atoms with Gasteiger partial charge >= 0.3 is 0 Å². The maximum absolute atomic E-state index is 11.6. The van der Waals surface area contributed by atoms with Crippen molar-refractivity contribution >= 4 is 11.8 Å². The van der Waals surface area contributed by atoms with Crippen LogP contribution in [0.15, 0.2) is 30.3 Å². The van der Waals surface area contributed by atoms with Gasteiger partial charge in [-0.1, -0.05) is 18.2 Å². The van der Waals surface area contributed by atoms with Gasteiger partial charge in [0.05, 0.1) is 6.61 Å². The Morgan fingerprint density at radius 2 is 2.04 bits per heavy atom. The second kappa shape index (κ2) is 9.84. The summed E-state index contributed by atoms with van der Waals surface area (Å²) >= 11 is 0. The fourth-order valence-corrected chi connectivity index (χ4v) is 2.39. The molecule has 0 spiro atoms. The number of hydrogen-bond donors (Lipinski definition) is 1. The summed E-state index contributed by atoms with van der Waals surface area (Å²) in [5, 5.41) is 2.79. The van der Waals surface area contributed by atoms with Crippen LogP contribution in [0.2, 0.25) is 0 Å². The highest BCUT2D eigenvalue weighted by Crippen LogP contribution is 2.09. The third-order valence-corrected chi connectivity index (χ3v) is 3.57. The standard InChI is InChI=1S/C17H24N2O4/c20-16(18-9-5-11-19-10-4-8-17(19)21)14-22-12-13-23-15-6-2-1-3-7-15/h1-3,6-7H,4-5,8-14H2,(H,18,20). The van der Waals surface area contributed by atoms with Crippen LogP contribution in [0.1, 0.15) is 19.3 Å². The molecule has 0 aromatic heterocycles. The van der Waals surface area contributed by atoms with Crippen LogP contribution in [0.5, 0.6) is 5.75 Å². The van der Waals surface area contributed by atoms with Crippen molar-refractivity contribution < 1.29 is 19.1 Å². The number of nitrogens with zero attached hydrogens (tertiary/aromatic N) is 1. The summed E-state index contributed by atoms with van der Waals surface area (Å²) in [4.78, 5) is 24.8. The lowest BCUT2D eigenvalue weighted by molar-refractivity contribution is -0.127. The van der Waals surface area contributed by atoms with Crippen molar-refractivity contribution in [1.82, 2.24) is 10.2 Å². The van der Waals surface area contributed by atoms with Gasteiger partial charge in [-0.05, 0) is 25.0 Å². The van der Waals surface area contributed by atoms with Crippen molar-refractivity contribution in [2.45, 2.75) is 19.3 Å². The van der Waals surface area contributed by atoms with E-state index in [-0.39, 0.29) is 18.4 Å². The first kappa shape index (κ1) is 17.3. The van der Waals surface area contributed by atoms with Crippen LogP contribution in [0, 0.1) is 0 Å². The highest BCUT2D eigenvalue weighted by atomic mass is 16.5. The van der Waals surface area contributed by atoms with E-state index in [2.05, 4.69) is 5.32 Å². The van der Waals surface area contributed by atoms with Crippen LogP contribution in [0.25, 0.3) is 0 Å². The van der Waals surface area contributed by atoms with Crippen LogP contribution >= 0.6 is 0 Å². The predicted octanol–water partition coefficient (Wildman–Crippen LogP) is 1.21. The first-order valence-electron chi connectivity index (χ1n) is 8.06. The summed E-state index contributed by atoms with van der Waals surface area (Å²) in [5.74, 6) is 0.868. The van der Waals surface area contributed by atoms with Gasteiger partial charge in [0.2, 0.25) is 11.8 Å². The average Bonchev–Trinajstić information content (AvgIpc) is 2.97. The molecule has 0 radical (unpaired) electrons. The Morgan fingerprint density at radius 1 is 1.22 bits per heavy atom. The smallest absolute Gasteiger partial charge is 0.246 e. The van der Waals surface area contributed by atoms with E-state index >= 15 is 0 Å². The van der Waals surface area contributed by atoms with Crippen molar-refractivity contribution in [3.63, 3.8) is 0 Å². The summed E-state index contributed by atoms with van der Waals surface area (Å²) < 4.78 is 10.7. The van der Waals surface area contributed by atoms with Crippen molar-refractivity contribution in [1.29, 1.82) is 0 Å². The molecule has 1 aliphatic rings. The molecule has 0 bridgehead atoms. The van der Waals surface area contributed by atoms with Crippen molar-refractivity contribution in [3.05, 3.63) is 30.3 Å². The molecule has 126 valence electrons. The van der Waals surface area contributed by atoms with Gasteiger partial charge in [-0.2, -0.15) is 0 Å². The summed E-state index contributed by atoms with van der Waals surface area (Å²) in [6.07, 6.45) is 2.38. The summed E-state index contributed by atoms with van der Waals surface area (Å²) in [6.45, 7) is 2.93. The van der Waals surface area contributed by atoms with E-state index in [9.17, 15) is 9.59 Å². The number of rotatable bonds is 10. The Labute approximate surface area is 136 Å². The van der Waals surface area contributed by atoms with Gasteiger partial charge in [0.1, 0.15) is 19.0 Å². The fraction of sp³-hybridized carbons (Fsp3) is 0.529. The first-order valence-corrected chi connectivity index (χ1v) is 8.06. The lowest BCUT2D eigenvalue weighted by atomic mass is 10.3. The molecule has 1 aromatic carbocycles. The number of likely N-dealkylation sites (tertiary alicyclic amines) is 1. The largest absolute Gasteiger partial charge is 0.491 e. The highest BCUT2D eigenvalue weighted by molar-refractivity contribution is 5.78. The molecule has 1 aromatic rings. The fourth-order valence-electron chi connectivity index (χ4n) is 2.39. The predicted molar refractivity (Wildman–Crippen MR) is 86.2 cm³/mol. The molecule has 23 heavy (non-hydrogen) atoms. The summed E-state index contributed by atoms with van der Waals surface area (Å²) in [6, 6.07) is 9.47. The second-order valence-corrected chi connectivity index (χ2v) is 5.40. The first-order chi connectivity index (χ1) is 11.3. The number of ether oxygens (including phenoxy) is 2. The van der Waals surface area contributed by atoms with Crippen LogP contribution in [0.4, 0.5) is 0 Å². The topological polar surface area (TPSA) is 67.9 Å². The SMILES string of the molecule is O=C(COCCOc1ccccc1)NCCCN1CCCC1=O. The monoisotopic (exact) mass is 320 g/mol. The van der Waals surface area contributed by atoms with Gasteiger partial charge in [0, 0.05) is 26.1 Å². The third kappa shape index (κ3) is 6.69. The number of amides is 2. The second-order valence-electron chi connectivity index (χ2n) is 5.40. The number of para-hydroxylation sites is 1. The number of hydrogen-bond acceptors (Lipinski definition) is 4. The molecule has 0 unspecified atom stereocenters. The third-order valence-electron chi connectivity index (χ3n) is 3.57. The molecule has 1 saturated heterocycles. The Balaban J connectivity index is 1.43. The molecular weight excluding hydrogens is 296 g/mol. The van der Waals surface area contributed by atoms with Gasteiger partial charge < -0.3 is 19.7 Å². The zero-order valence-corrected chi connectivity index (χ0v) is 13.3. The van der Waals surface area contributed by atoms with E-state index < -0.39 is 0 Å². The zero-order chi connectivity index (χ0) is 16.3. The Morgan fingerprint density at radius 3 is 2.78 bits per heavy atom. The molecule has 0 atom stereocenters. The molecule has 1 fully saturated rings. The average molecular weight is 320 g/mol. The van der Waals surface area contributed by atoms with Crippen LogP contribution < -0.4 is 10.1 Å². The minimum atomic E-state index is -0.141. The Hall–Kier alpha value is -2.08. The van der Waals surface area contributed by atoms with Gasteiger partial charge in [-0.25, -0.2) is 0 Å². The van der Waals surface area contributed by atoms with Crippen LogP contribution in [-0.4, -0.2) is 56.2 Å². The molecule has 1 heterocycles. The van der Waals surface area contributed by atoms with Gasteiger partial charge in [-0.3, -0.25) is 9.59 Å². The molecule has 1 aliphatic heterocycles.